The Morgan fingerprint density at radius 2 is 1.10 bits per heavy atom. The molecule has 0 radical (unpaired) electrons. The number of nitrogens with zero attached hydrogens (tertiary/aromatic N) is 2. The van der Waals surface area contributed by atoms with Crippen molar-refractivity contribution in [3.63, 3.8) is 0 Å². The highest BCUT2D eigenvalue weighted by molar-refractivity contribution is 5.69. The average molecular weight is 593 g/mol. The number of hydrogen-bond acceptors (Lipinski definition) is 3. The fourth-order valence-electron chi connectivity index (χ4n) is 6.53. The summed E-state index contributed by atoms with van der Waals surface area (Å²) in [6.07, 6.45) is 18.3. The highest BCUT2D eigenvalue weighted by Gasteiger charge is 2.33. The largest absolute Gasteiger partial charge is 0.444 e. The van der Waals surface area contributed by atoms with E-state index in [4.69, 9.17) is 4.74 Å². The molecule has 0 aliphatic carbocycles. The van der Waals surface area contributed by atoms with E-state index in [1.54, 1.807) is 0 Å². The quantitative estimate of drug-likeness (QED) is 0.125. The van der Waals surface area contributed by atoms with Gasteiger partial charge in [0.1, 0.15) is 5.60 Å². The molecule has 0 spiro atoms. The molecule has 1 rings (SSSR count). The molecule has 1 heterocycles. The zero-order chi connectivity index (χ0) is 31.7. The van der Waals surface area contributed by atoms with Crippen LogP contribution in [0.5, 0.6) is 0 Å². The zero-order valence-electron chi connectivity index (χ0n) is 30.5. The van der Waals surface area contributed by atoms with Crippen molar-refractivity contribution in [2.45, 2.75) is 178 Å². The van der Waals surface area contributed by atoms with Crippen molar-refractivity contribution in [3.8, 4) is 0 Å². The minimum Gasteiger partial charge on any atom is -0.444 e. The lowest BCUT2D eigenvalue weighted by atomic mass is 9.87. The Bertz CT molecular complexity index is 623. The van der Waals surface area contributed by atoms with Crippen LogP contribution < -0.4 is 0 Å². The van der Waals surface area contributed by atoms with E-state index in [-0.39, 0.29) is 12.1 Å². The van der Waals surface area contributed by atoms with E-state index in [1.165, 1.54) is 90.1 Å². The van der Waals surface area contributed by atoms with E-state index < -0.39 is 5.60 Å². The zero-order valence-corrected chi connectivity index (χ0v) is 30.5. The number of carbonyl (C=O) groups excluding carboxylic acids is 1. The lowest BCUT2D eigenvalue weighted by molar-refractivity contribution is 0.0194. The van der Waals surface area contributed by atoms with Crippen LogP contribution in [0.3, 0.4) is 0 Å². The summed E-state index contributed by atoms with van der Waals surface area (Å²) in [5.41, 5.74) is -0.439. The summed E-state index contributed by atoms with van der Waals surface area (Å²) in [4.78, 5) is 17.8. The summed E-state index contributed by atoms with van der Waals surface area (Å²) in [5, 5.41) is 0. The van der Waals surface area contributed by atoms with Gasteiger partial charge in [0, 0.05) is 19.1 Å². The minimum atomic E-state index is -0.439. The molecule has 250 valence electrons. The van der Waals surface area contributed by atoms with Crippen molar-refractivity contribution in [3.05, 3.63) is 0 Å². The Hall–Kier alpha value is -0.770. The van der Waals surface area contributed by atoms with Gasteiger partial charge in [-0.25, -0.2) is 4.79 Å². The van der Waals surface area contributed by atoms with Crippen LogP contribution in [0.2, 0.25) is 0 Å². The first-order valence-corrected chi connectivity index (χ1v) is 18.4. The average Bonchev–Trinajstić information content (AvgIpc) is 3.33. The van der Waals surface area contributed by atoms with E-state index in [2.05, 4.69) is 60.3 Å². The Morgan fingerprint density at radius 1 is 0.690 bits per heavy atom. The van der Waals surface area contributed by atoms with Crippen LogP contribution in [-0.4, -0.2) is 53.7 Å². The molecule has 0 aromatic carbocycles. The summed E-state index contributed by atoms with van der Waals surface area (Å²) in [6, 6.07) is 0.287. The fourth-order valence-corrected chi connectivity index (χ4v) is 6.53. The fraction of sp³-hybridized carbons (Fsp3) is 0.974. The van der Waals surface area contributed by atoms with E-state index in [0.29, 0.717) is 0 Å². The van der Waals surface area contributed by atoms with Gasteiger partial charge < -0.3 is 14.5 Å². The van der Waals surface area contributed by atoms with Crippen LogP contribution in [0.15, 0.2) is 0 Å². The summed E-state index contributed by atoms with van der Waals surface area (Å²) in [5.74, 6) is 4.90. The van der Waals surface area contributed by atoms with Crippen molar-refractivity contribution in [1.29, 1.82) is 0 Å². The van der Waals surface area contributed by atoms with Crippen LogP contribution in [0.4, 0.5) is 4.79 Å². The third kappa shape index (κ3) is 19.5. The predicted molar refractivity (Wildman–Crippen MR) is 184 cm³/mol. The van der Waals surface area contributed by atoms with Gasteiger partial charge in [-0.15, -0.1) is 0 Å². The first-order chi connectivity index (χ1) is 19.7. The van der Waals surface area contributed by atoms with Crippen LogP contribution in [0.1, 0.15) is 166 Å². The Labute approximate surface area is 264 Å². The third-order valence-electron chi connectivity index (χ3n) is 9.26. The Balaban J connectivity index is 2.86. The molecule has 1 fully saturated rings. The van der Waals surface area contributed by atoms with Crippen molar-refractivity contribution in [2.75, 3.05) is 26.2 Å². The highest BCUT2D eigenvalue weighted by Crippen LogP contribution is 2.27. The molecule has 0 aromatic rings. The Kier molecular flexibility index (Phi) is 19.7. The molecule has 0 bridgehead atoms. The van der Waals surface area contributed by atoms with E-state index in [9.17, 15) is 4.79 Å². The smallest absolute Gasteiger partial charge is 0.410 e. The van der Waals surface area contributed by atoms with E-state index >= 15 is 0 Å². The molecular formula is C38H76N2O2. The first kappa shape index (κ1) is 39.3. The van der Waals surface area contributed by atoms with Gasteiger partial charge >= 0.3 is 6.09 Å². The second-order valence-corrected chi connectivity index (χ2v) is 16.7. The van der Waals surface area contributed by atoms with Gasteiger partial charge in [0.2, 0.25) is 0 Å². The van der Waals surface area contributed by atoms with Crippen LogP contribution in [0, 0.1) is 35.5 Å². The van der Waals surface area contributed by atoms with Gasteiger partial charge in [0.15, 0.2) is 0 Å². The monoisotopic (exact) mass is 593 g/mol. The molecular weight excluding hydrogens is 516 g/mol. The van der Waals surface area contributed by atoms with Crippen molar-refractivity contribution in [1.82, 2.24) is 9.80 Å². The standard InChI is InChI=1S/C38H76N2O2/c1-30(2)18-22-34(23-19-31(3)4)15-12-26-39(27-13-16-35(24-20-32(5)6)25-21-33(7)8)29-36-17-14-28-40(36)37(41)42-38(9,10)11/h30-36H,12-29H2,1-11H3/t36-/m0/s1. The molecule has 4 heteroatoms. The molecule has 0 unspecified atom stereocenters. The van der Waals surface area contributed by atoms with Crippen LogP contribution in [0.25, 0.3) is 0 Å². The molecule has 1 aliphatic heterocycles. The van der Waals surface area contributed by atoms with Gasteiger partial charge in [0.05, 0.1) is 0 Å². The Morgan fingerprint density at radius 3 is 1.45 bits per heavy atom. The van der Waals surface area contributed by atoms with Gasteiger partial charge in [0.25, 0.3) is 0 Å². The maximum atomic E-state index is 13.1. The molecule has 4 nitrogen and oxygen atoms in total. The number of hydrogen-bond donors (Lipinski definition) is 0. The van der Waals surface area contributed by atoms with Gasteiger partial charge in [-0.2, -0.15) is 0 Å². The number of carbonyl (C=O) groups is 1. The van der Waals surface area contributed by atoms with E-state index in [1.807, 2.05) is 25.7 Å². The normalized spacial score (nSPS) is 16.5. The molecule has 0 N–H and O–H groups in total. The van der Waals surface area contributed by atoms with Crippen LogP contribution in [-0.2, 0) is 4.74 Å². The van der Waals surface area contributed by atoms with Crippen molar-refractivity contribution >= 4 is 6.09 Å². The number of amides is 1. The third-order valence-corrected chi connectivity index (χ3v) is 9.26. The summed E-state index contributed by atoms with van der Waals surface area (Å²) in [6.45, 7) is 29.1. The molecule has 1 saturated heterocycles. The molecule has 0 aromatic heterocycles. The highest BCUT2D eigenvalue weighted by atomic mass is 16.6. The van der Waals surface area contributed by atoms with Gasteiger partial charge in [-0.3, -0.25) is 0 Å². The minimum absolute atomic E-state index is 0.116. The first-order valence-electron chi connectivity index (χ1n) is 18.4. The van der Waals surface area contributed by atoms with Gasteiger partial charge in [-0.1, -0.05) is 107 Å². The van der Waals surface area contributed by atoms with Crippen molar-refractivity contribution in [2.24, 2.45) is 35.5 Å². The number of likely N-dealkylation sites (tertiary alicyclic amines) is 1. The maximum absolute atomic E-state index is 13.1. The molecule has 1 aliphatic rings. The number of ether oxygens (including phenoxy) is 1. The summed E-state index contributed by atoms with van der Waals surface area (Å²) >= 11 is 0. The molecule has 1 amide bonds. The number of rotatable bonds is 22. The SMILES string of the molecule is CC(C)CCC(CCCN(CCCC(CCC(C)C)CCC(C)C)C[C@@H]1CCCN1C(=O)OC(C)(C)C)CCC(C)C. The summed E-state index contributed by atoms with van der Waals surface area (Å²) < 4.78 is 5.81. The van der Waals surface area contributed by atoms with Crippen LogP contribution >= 0.6 is 0 Å². The second-order valence-electron chi connectivity index (χ2n) is 16.7. The molecule has 1 atom stereocenters. The molecule has 42 heavy (non-hydrogen) atoms. The topological polar surface area (TPSA) is 32.8 Å². The predicted octanol–water partition coefficient (Wildman–Crippen LogP) is 11.2. The molecule has 0 saturated carbocycles. The lowest BCUT2D eigenvalue weighted by Gasteiger charge is -2.33. The second kappa shape index (κ2) is 21.1. The van der Waals surface area contributed by atoms with Crippen molar-refractivity contribution < 1.29 is 9.53 Å². The summed E-state index contributed by atoms with van der Waals surface area (Å²) in [7, 11) is 0. The lowest BCUT2D eigenvalue weighted by Crippen LogP contribution is -2.45. The van der Waals surface area contributed by atoms with Gasteiger partial charge in [-0.05, 0) is 108 Å². The van der Waals surface area contributed by atoms with E-state index in [0.717, 1.165) is 61.4 Å². The maximum Gasteiger partial charge on any atom is 0.410 e.